The quantitative estimate of drug-likeness (QED) is 0.631. The first-order chi connectivity index (χ1) is 13.8. The summed E-state index contributed by atoms with van der Waals surface area (Å²) in [7, 11) is -3.47. The fraction of sp³-hybridized carbons (Fsp3) is 0.409. The van der Waals surface area contributed by atoms with Gasteiger partial charge in [0.15, 0.2) is 0 Å². The third-order valence-electron chi connectivity index (χ3n) is 5.25. The van der Waals surface area contributed by atoms with Gasteiger partial charge in [-0.1, -0.05) is 32.9 Å². The topological polar surface area (TPSA) is 79.6 Å². The van der Waals surface area contributed by atoms with Crippen LogP contribution in [0.1, 0.15) is 50.2 Å². The molecule has 0 aliphatic heterocycles. The van der Waals surface area contributed by atoms with Gasteiger partial charge in [0.2, 0.25) is 15.9 Å². The van der Waals surface area contributed by atoms with Crippen molar-refractivity contribution in [3.63, 3.8) is 0 Å². The Bertz CT molecular complexity index is 972. The summed E-state index contributed by atoms with van der Waals surface area (Å²) in [4.78, 5) is 12.3. The maximum Gasteiger partial charge on any atom is 0.244 e. The molecule has 1 fully saturated rings. The van der Waals surface area contributed by atoms with Crippen LogP contribution >= 0.6 is 0 Å². The highest BCUT2D eigenvalue weighted by Gasteiger charge is 2.36. The molecule has 0 radical (unpaired) electrons. The van der Waals surface area contributed by atoms with Crippen LogP contribution in [0.5, 0.6) is 0 Å². The lowest BCUT2D eigenvalue weighted by molar-refractivity contribution is -0.116. The molecule has 3 rings (SSSR count). The molecular formula is C22H28N2O4S. The van der Waals surface area contributed by atoms with E-state index in [-0.39, 0.29) is 10.8 Å². The fourth-order valence-electron chi connectivity index (χ4n) is 3.27. The van der Waals surface area contributed by atoms with Crippen LogP contribution in [-0.4, -0.2) is 31.7 Å². The monoisotopic (exact) mass is 416 g/mol. The second kappa shape index (κ2) is 8.97. The molecule has 2 unspecified atom stereocenters. The summed E-state index contributed by atoms with van der Waals surface area (Å²) in [5.41, 5.74) is 0.827. The standard InChI is InChI=1S/C22H28N2O4S/c1-4-24(5-2)29(26,27)19-10-6-17(7-11-19)15-23-22(25)13-9-18-8-12-21(28-18)20-14-16(20)3/h6-13,16,20H,4-5,14-15H2,1-3H3,(H,23,25). The molecule has 0 saturated heterocycles. The predicted molar refractivity (Wildman–Crippen MR) is 113 cm³/mol. The Labute approximate surface area is 172 Å². The molecule has 1 aliphatic rings. The van der Waals surface area contributed by atoms with Crippen LogP contribution in [0.25, 0.3) is 6.08 Å². The highest BCUT2D eigenvalue weighted by Crippen LogP contribution is 2.47. The zero-order valence-electron chi connectivity index (χ0n) is 17.1. The Morgan fingerprint density at radius 1 is 1.17 bits per heavy atom. The van der Waals surface area contributed by atoms with Crippen molar-refractivity contribution in [1.29, 1.82) is 0 Å². The highest BCUT2D eigenvalue weighted by atomic mass is 32.2. The van der Waals surface area contributed by atoms with Gasteiger partial charge in [-0.2, -0.15) is 4.31 Å². The van der Waals surface area contributed by atoms with E-state index in [1.54, 1.807) is 30.3 Å². The molecule has 7 heteroatoms. The number of hydrogen-bond acceptors (Lipinski definition) is 4. The summed E-state index contributed by atoms with van der Waals surface area (Å²) in [6, 6.07) is 10.4. The van der Waals surface area contributed by atoms with E-state index in [9.17, 15) is 13.2 Å². The zero-order valence-corrected chi connectivity index (χ0v) is 17.9. The lowest BCUT2D eigenvalue weighted by Crippen LogP contribution is -2.30. The van der Waals surface area contributed by atoms with Gasteiger partial charge < -0.3 is 9.73 Å². The maximum absolute atomic E-state index is 12.5. The molecule has 156 valence electrons. The van der Waals surface area contributed by atoms with Crippen LogP contribution in [0.2, 0.25) is 0 Å². The van der Waals surface area contributed by atoms with E-state index < -0.39 is 10.0 Å². The lowest BCUT2D eigenvalue weighted by atomic mass is 10.2. The third-order valence-corrected chi connectivity index (χ3v) is 7.32. The van der Waals surface area contributed by atoms with E-state index in [1.807, 2.05) is 26.0 Å². The molecule has 1 aromatic carbocycles. The van der Waals surface area contributed by atoms with Gasteiger partial charge in [0.25, 0.3) is 0 Å². The van der Waals surface area contributed by atoms with Gasteiger partial charge in [0, 0.05) is 31.6 Å². The van der Waals surface area contributed by atoms with Crippen molar-refractivity contribution < 1.29 is 17.6 Å². The van der Waals surface area contributed by atoms with Crippen LogP contribution in [0.4, 0.5) is 0 Å². The molecule has 0 spiro atoms. The van der Waals surface area contributed by atoms with E-state index in [0.29, 0.717) is 37.2 Å². The average Bonchev–Trinajstić information content (AvgIpc) is 3.25. The molecular weight excluding hydrogens is 388 g/mol. The number of furan rings is 1. The first kappa shape index (κ1) is 21.3. The van der Waals surface area contributed by atoms with Crippen molar-refractivity contribution >= 4 is 22.0 Å². The van der Waals surface area contributed by atoms with Gasteiger partial charge in [-0.05, 0) is 48.2 Å². The van der Waals surface area contributed by atoms with Crippen molar-refractivity contribution in [2.45, 2.75) is 44.6 Å². The number of nitrogens with zero attached hydrogens (tertiary/aromatic N) is 1. The Hall–Kier alpha value is -2.38. The summed E-state index contributed by atoms with van der Waals surface area (Å²) in [6.45, 7) is 7.00. The maximum atomic E-state index is 12.5. The largest absolute Gasteiger partial charge is 0.461 e. The second-order valence-corrected chi connectivity index (χ2v) is 9.28. The van der Waals surface area contributed by atoms with Crippen molar-refractivity contribution in [2.24, 2.45) is 5.92 Å². The molecule has 29 heavy (non-hydrogen) atoms. The molecule has 1 heterocycles. The SMILES string of the molecule is CCN(CC)S(=O)(=O)c1ccc(CNC(=O)C=Cc2ccc(C3CC3C)o2)cc1. The molecule has 2 atom stereocenters. The molecule has 2 aromatic rings. The third kappa shape index (κ3) is 5.16. The Morgan fingerprint density at radius 3 is 2.41 bits per heavy atom. The van der Waals surface area contributed by atoms with Crippen LogP contribution < -0.4 is 5.32 Å². The number of benzene rings is 1. The van der Waals surface area contributed by atoms with Gasteiger partial charge in [-0.15, -0.1) is 0 Å². The van der Waals surface area contributed by atoms with E-state index in [4.69, 9.17) is 4.42 Å². The Kier molecular flexibility index (Phi) is 6.59. The van der Waals surface area contributed by atoms with Crippen molar-refractivity contribution in [1.82, 2.24) is 9.62 Å². The molecule has 1 aromatic heterocycles. The van der Waals surface area contributed by atoms with Gasteiger partial charge in [-0.3, -0.25) is 4.79 Å². The van der Waals surface area contributed by atoms with E-state index in [0.717, 1.165) is 17.7 Å². The van der Waals surface area contributed by atoms with E-state index >= 15 is 0 Å². The van der Waals surface area contributed by atoms with Gasteiger partial charge in [0.05, 0.1) is 4.90 Å². The number of rotatable bonds is 9. The van der Waals surface area contributed by atoms with E-state index in [2.05, 4.69) is 12.2 Å². The van der Waals surface area contributed by atoms with Gasteiger partial charge in [0.1, 0.15) is 11.5 Å². The zero-order chi connectivity index (χ0) is 21.0. The van der Waals surface area contributed by atoms with Crippen LogP contribution in [-0.2, 0) is 21.4 Å². The smallest absolute Gasteiger partial charge is 0.244 e. The number of hydrogen-bond donors (Lipinski definition) is 1. The van der Waals surface area contributed by atoms with E-state index in [1.165, 1.54) is 10.4 Å². The minimum atomic E-state index is -3.47. The average molecular weight is 417 g/mol. The normalized spacial score (nSPS) is 19.0. The minimum absolute atomic E-state index is 0.234. The number of nitrogens with one attached hydrogen (secondary N) is 1. The first-order valence-corrected chi connectivity index (χ1v) is 11.4. The number of amides is 1. The lowest BCUT2D eigenvalue weighted by Gasteiger charge is -2.18. The Morgan fingerprint density at radius 2 is 1.83 bits per heavy atom. The number of carbonyl (C=O) groups is 1. The van der Waals surface area contributed by atoms with Crippen LogP contribution in [0.15, 0.2) is 51.8 Å². The molecule has 0 bridgehead atoms. The summed E-state index contributed by atoms with van der Waals surface area (Å²) >= 11 is 0. The van der Waals surface area contributed by atoms with Crippen molar-refractivity contribution in [3.05, 3.63) is 59.6 Å². The van der Waals surface area contributed by atoms with Crippen LogP contribution in [0.3, 0.4) is 0 Å². The molecule has 1 amide bonds. The highest BCUT2D eigenvalue weighted by molar-refractivity contribution is 7.89. The van der Waals surface area contributed by atoms with Gasteiger partial charge >= 0.3 is 0 Å². The van der Waals surface area contributed by atoms with Gasteiger partial charge in [-0.25, -0.2) is 8.42 Å². The minimum Gasteiger partial charge on any atom is -0.461 e. The first-order valence-electron chi connectivity index (χ1n) is 9.99. The fourth-order valence-corrected chi connectivity index (χ4v) is 4.73. The molecule has 6 nitrogen and oxygen atoms in total. The molecule has 1 N–H and O–H groups in total. The summed E-state index contributed by atoms with van der Waals surface area (Å²) < 4.78 is 32.2. The predicted octanol–water partition coefficient (Wildman–Crippen LogP) is 3.76. The van der Waals surface area contributed by atoms with Crippen LogP contribution in [0, 0.1) is 5.92 Å². The number of sulfonamides is 1. The summed E-state index contributed by atoms with van der Waals surface area (Å²) in [5.74, 6) is 2.61. The summed E-state index contributed by atoms with van der Waals surface area (Å²) in [5, 5.41) is 2.79. The molecule has 1 saturated carbocycles. The van der Waals surface area contributed by atoms with Crippen molar-refractivity contribution in [2.75, 3.05) is 13.1 Å². The molecule has 1 aliphatic carbocycles. The second-order valence-electron chi connectivity index (χ2n) is 7.34. The number of carbonyl (C=O) groups excluding carboxylic acids is 1. The van der Waals surface area contributed by atoms with Crippen molar-refractivity contribution in [3.8, 4) is 0 Å². The summed E-state index contributed by atoms with van der Waals surface area (Å²) in [6.07, 6.45) is 4.26. The Balaban J connectivity index is 1.53.